The fourth-order valence-electron chi connectivity index (χ4n) is 2.83. The van der Waals surface area contributed by atoms with Crippen molar-refractivity contribution in [2.45, 2.75) is 13.0 Å². The number of rotatable bonds is 5. The summed E-state index contributed by atoms with van der Waals surface area (Å²) in [6, 6.07) is 8.17. The van der Waals surface area contributed by atoms with Gasteiger partial charge in [-0.3, -0.25) is 4.68 Å². The van der Waals surface area contributed by atoms with Gasteiger partial charge in [-0.2, -0.15) is 15.1 Å². The molecule has 0 bridgehead atoms. The fourth-order valence-corrected chi connectivity index (χ4v) is 2.83. The van der Waals surface area contributed by atoms with E-state index < -0.39 is 0 Å². The highest BCUT2D eigenvalue weighted by molar-refractivity contribution is 5.89. The van der Waals surface area contributed by atoms with Crippen LogP contribution < -0.4 is 10.6 Å². The maximum Gasteiger partial charge on any atom is 0.226 e. The summed E-state index contributed by atoms with van der Waals surface area (Å²) in [4.78, 5) is 9.21. The molecular formula is C18H22N6O2. The Morgan fingerprint density at radius 2 is 2.04 bits per heavy atom. The highest BCUT2D eigenvalue weighted by Crippen LogP contribution is 2.25. The largest absolute Gasteiger partial charge is 0.376 e. The van der Waals surface area contributed by atoms with E-state index in [1.165, 1.54) is 5.56 Å². The van der Waals surface area contributed by atoms with Crippen LogP contribution in [0.25, 0.3) is 11.0 Å². The van der Waals surface area contributed by atoms with E-state index in [1.54, 1.807) is 10.9 Å². The summed E-state index contributed by atoms with van der Waals surface area (Å²) < 4.78 is 12.8. The monoisotopic (exact) mass is 354 g/mol. The van der Waals surface area contributed by atoms with E-state index >= 15 is 0 Å². The van der Waals surface area contributed by atoms with Crippen molar-refractivity contribution in [2.75, 3.05) is 37.0 Å². The van der Waals surface area contributed by atoms with Crippen LogP contribution in [0.4, 0.5) is 17.5 Å². The predicted octanol–water partition coefficient (Wildman–Crippen LogP) is 2.24. The molecule has 0 aliphatic carbocycles. The fraction of sp³-hybridized carbons (Fsp3) is 0.389. The number of fused-ring (bicyclic) bond motifs is 1. The Bertz CT molecular complexity index is 887. The van der Waals surface area contributed by atoms with Crippen LogP contribution >= 0.6 is 0 Å². The second kappa shape index (κ2) is 7.27. The Morgan fingerprint density at radius 1 is 1.19 bits per heavy atom. The molecule has 0 radical (unpaired) electrons. The van der Waals surface area contributed by atoms with Gasteiger partial charge < -0.3 is 20.1 Å². The van der Waals surface area contributed by atoms with Gasteiger partial charge in [-0.25, -0.2) is 0 Å². The molecule has 3 aromatic rings. The number of benzene rings is 1. The molecule has 0 saturated carbocycles. The van der Waals surface area contributed by atoms with Crippen molar-refractivity contribution in [2.24, 2.45) is 7.05 Å². The highest BCUT2D eigenvalue weighted by Gasteiger charge is 2.16. The van der Waals surface area contributed by atoms with Gasteiger partial charge >= 0.3 is 0 Å². The Labute approximate surface area is 151 Å². The van der Waals surface area contributed by atoms with Gasteiger partial charge in [-0.05, 0) is 19.1 Å². The smallest absolute Gasteiger partial charge is 0.226 e. The zero-order valence-electron chi connectivity index (χ0n) is 14.9. The van der Waals surface area contributed by atoms with Gasteiger partial charge in [0.2, 0.25) is 5.95 Å². The van der Waals surface area contributed by atoms with Crippen LogP contribution in [0.2, 0.25) is 0 Å². The summed E-state index contributed by atoms with van der Waals surface area (Å²) in [7, 11) is 1.87. The van der Waals surface area contributed by atoms with Crippen LogP contribution in [0, 0.1) is 6.92 Å². The molecule has 2 aromatic heterocycles. The average molecular weight is 354 g/mol. The number of ether oxygens (including phenoxy) is 2. The lowest BCUT2D eigenvalue weighted by Crippen LogP contribution is -2.34. The molecule has 0 spiro atoms. The molecule has 1 aliphatic heterocycles. The molecule has 8 nitrogen and oxygen atoms in total. The van der Waals surface area contributed by atoms with Gasteiger partial charge in [0, 0.05) is 19.3 Å². The summed E-state index contributed by atoms with van der Waals surface area (Å²) in [6.45, 7) is 4.50. The van der Waals surface area contributed by atoms with Crippen LogP contribution in [0.1, 0.15) is 5.56 Å². The van der Waals surface area contributed by atoms with Crippen molar-refractivity contribution in [3.05, 3.63) is 36.0 Å². The number of anilines is 3. The molecule has 1 aromatic carbocycles. The predicted molar refractivity (Wildman–Crippen MR) is 99.8 cm³/mol. The van der Waals surface area contributed by atoms with E-state index in [0.717, 1.165) is 22.5 Å². The molecule has 8 heteroatoms. The number of hydrogen-bond acceptors (Lipinski definition) is 7. The lowest BCUT2D eigenvalue weighted by molar-refractivity contribution is -0.0819. The summed E-state index contributed by atoms with van der Waals surface area (Å²) in [5.41, 5.74) is 2.94. The van der Waals surface area contributed by atoms with E-state index in [9.17, 15) is 0 Å². The third-order valence-electron chi connectivity index (χ3n) is 4.28. The number of nitrogens with one attached hydrogen (secondary N) is 2. The quantitative estimate of drug-likeness (QED) is 0.727. The van der Waals surface area contributed by atoms with Gasteiger partial charge in [-0.15, -0.1) is 0 Å². The summed E-state index contributed by atoms with van der Waals surface area (Å²) >= 11 is 0. The van der Waals surface area contributed by atoms with E-state index in [4.69, 9.17) is 9.47 Å². The van der Waals surface area contributed by atoms with Crippen molar-refractivity contribution in [3.63, 3.8) is 0 Å². The van der Waals surface area contributed by atoms with Crippen LogP contribution in [-0.2, 0) is 16.5 Å². The third kappa shape index (κ3) is 3.61. The highest BCUT2D eigenvalue weighted by atomic mass is 16.6. The molecule has 1 fully saturated rings. The SMILES string of the molecule is Cc1ccc(Nc2nc(NC[C@@H]3COCCO3)nc3c2cnn3C)cc1. The van der Waals surface area contributed by atoms with Crippen LogP contribution in [0.3, 0.4) is 0 Å². The first kappa shape index (κ1) is 16.7. The number of nitrogens with zero attached hydrogens (tertiary/aromatic N) is 4. The number of aryl methyl sites for hydroxylation is 2. The summed E-state index contributed by atoms with van der Waals surface area (Å²) in [5.74, 6) is 1.25. The summed E-state index contributed by atoms with van der Waals surface area (Å²) in [5, 5.41) is 11.8. The zero-order chi connectivity index (χ0) is 17.9. The first-order valence-electron chi connectivity index (χ1n) is 8.66. The second-order valence-electron chi connectivity index (χ2n) is 6.34. The normalized spacial score (nSPS) is 17.4. The molecule has 136 valence electrons. The van der Waals surface area contributed by atoms with Gasteiger partial charge in [0.05, 0.1) is 37.5 Å². The van der Waals surface area contributed by atoms with E-state index in [0.29, 0.717) is 32.3 Å². The van der Waals surface area contributed by atoms with E-state index in [2.05, 4.69) is 44.8 Å². The van der Waals surface area contributed by atoms with Crippen molar-refractivity contribution < 1.29 is 9.47 Å². The van der Waals surface area contributed by atoms with Gasteiger partial charge in [0.25, 0.3) is 0 Å². The molecule has 0 amide bonds. The standard InChI is InChI=1S/C18H22N6O2/c1-12-3-5-13(6-4-12)21-16-15-10-20-24(2)17(15)23-18(22-16)19-9-14-11-25-7-8-26-14/h3-6,10,14H,7-9,11H2,1-2H3,(H2,19,21,22,23)/t14-/m1/s1. The van der Waals surface area contributed by atoms with Crippen molar-refractivity contribution in [3.8, 4) is 0 Å². The van der Waals surface area contributed by atoms with Crippen LogP contribution in [-0.4, -0.2) is 52.2 Å². The van der Waals surface area contributed by atoms with Gasteiger partial charge in [0.15, 0.2) is 5.65 Å². The van der Waals surface area contributed by atoms with Crippen molar-refractivity contribution in [1.29, 1.82) is 0 Å². The molecule has 1 saturated heterocycles. The molecule has 3 heterocycles. The lowest BCUT2D eigenvalue weighted by atomic mass is 10.2. The molecule has 4 rings (SSSR count). The van der Waals surface area contributed by atoms with Gasteiger partial charge in [0.1, 0.15) is 5.82 Å². The number of hydrogen-bond donors (Lipinski definition) is 2. The molecule has 0 unspecified atom stereocenters. The maximum absolute atomic E-state index is 5.66. The minimum atomic E-state index is 0.00286. The first-order chi connectivity index (χ1) is 12.7. The molecule has 2 N–H and O–H groups in total. The Hall–Kier alpha value is -2.71. The Kier molecular flexibility index (Phi) is 4.68. The lowest BCUT2D eigenvalue weighted by Gasteiger charge is -2.23. The second-order valence-corrected chi connectivity index (χ2v) is 6.34. The first-order valence-corrected chi connectivity index (χ1v) is 8.66. The Morgan fingerprint density at radius 3 is 2.81 bits per heavy atom. The molecule has 1 aliphatic rings. The summed E-state index contributed by atoms with van der Waals surface area (Å²) in [6.07, 6.45) is 1.77. The van der Waals surface area contributed by atoms with E-state index in [1.807, 2.05) is 19.2 Å². The average Bonchev–Trinajstić information content (AvgIpc) is 3.04. The molecular weight excluding hydrogens is 332 g/mol. The van der Waals surface area contributed by atoms with E-state index in [-0.39, 0.29) is 6.10 Å². The minimum absolute atomic E-state index is 0.00286. The van der Waals surface area contributed by atoms with Crippen molar-refractivity contribution in [1.82, 2.24) is 19.7 Å². The molecule has 26 heavy (non-hydrogen) atoms. The minimum Gasteiger partial charge on any atom is -0.376 e. The Balaban J connectivity index is 1.59. The number of aromatic nitrogens is 4. The maximum atomic E-state index is 5.66. The zero-order valence-corrected chi connectivity index (χ0v) is 14.9. The molecule has 1 atom stereocenters. The van der Waals surface area contributed by atoms with Gasteiger partial charge in [-0.1, -0.05) is 17.7 Å². The third-order valence-corrected chi connectivity index (χ3v) is 4.28. The van der Waals surface area contributed by atoms with Crippen LogP contribution in [0.5, 0.6) is 0 Å². The topological polar surface area (TPSA) is 86.1 Å². The van der Waals surface area contributed by atoms with Crippen molar-refractivity contribution >= 4 is 28.5 Å². The van der Waals surface area contributed by atoms with Crippen LogP contribution in [0.15, 0.2) is 30.5 Å².